The van der Waals surface area contributed by atoms with E-state index in [1.807, 2.05) is 38.1 Å². The van der Waals surface area contributed by atoms with Gasteiger partial charge in [-0.15, -0.1) is 0 Å². The van der Waals surface area contributed by atoms with Crippen LogP contribution in [0.4, 0.5) is 4.79 Å². The largest absolute Gasteiger partial charge is 0.348 e. The summed E-state index contributed by atoms with van der Waals surface area (Å²) in [6.45, 7) is 5.49. The number of aryl methyl sites for hydroxylation is 1. The maximum Gasteiger partial charge on any atom is 0.325 e. The molecule has 2 atom stereocenters. The normalized spacial score (nSPS) is 21.3. The lowest BCUT2D eigenvalue weighted by Gasteiger charge is -2.25. The minimum atomic E-state index is -0.834. The Bertz CT molecular complexity index is 710. The van der Waals surface area contributed by atoms with Crippen LogP contribution in [0.5, 0.6) is 0 Å². The number of nitrogens with zero attached hydrogens (tertiary/aromatic N) is 1. The summed E-state index contributed by atoms with van der Waals surface area (Å²) in [7, 11) is 0. The Kier molecular flexibility index (Phi) is 4.54. The van der Waals surface area contributed by atoms with Crippen molar-refractivity contribution in [1.82, 2.24) is 15.5 Å². The van der Waals surface area contributed by atoms with Gasteiger partial charge in [-0.2, -0.15) is 0 Å². The van der Waals surface area contributed by atoms with E-state index in [9.17, 15) is 14.4 Å². The average molecular weight is 343 g/mol. The molecule has 1 spiro atoms. The molecule has 1 aliphatic heterocycles. The van der Waals surface area contributed by atoms with E-state index >= 15 is 0 Å². The van der Waals surface area contributed by atoms with Gasteiger partial charge in [-0.05, 0) is 44.7 Å². The highest BCUT2D eigenvalue weighted by Crippen LogP contribution is 2.35. The summed E-state index contributed by atoms with van der Waals surface area (Å²) < 4.78 is 0. The highest BCUT2D eigenvalue weighted by Gasteiger charge is 2.54. The first-order valence-corrected chi connectivity index (χ1v) is 8.87. The molecule has 4 amide bonds. The van der Waals surface area contributed by atoms with Gasteiger partial charge in [-0.25, -0.2) is 9.69 Å². The van der Waals surface area contributed by atoms with Crippen molar-refractivity contribution in [1.29, 1.82) is 0 Å². The van der Waals surface area contributed by atoms with Crippen LogP contribution in [-0.4, -0.2) is 34.3 Å². The fourth-order valence-electron chi connectivity index (χ4n) is 3.91. The van der Waals surface area contributed by atoms with Gasteiger partial charge in [0.05, 0.1) is 6.04 Å². The van der Waals surface area contributed by atoms with Crippen LogP contribution in [0.15, 0.2) is 24.3 Å². The van der Waals surface area contributed by atoms with Crippen LogP contribution in [0.1, 0.15) is 56.7 Å². The first-order valence-electron chi connectivity index (χ1n) is 8.87. The van der Waals surface area contributed by atoms with E-state index in [0.717, 1.165) is 28.9 Å². The maximum absolute atomic E-state index is 12.8. The SMILES string of the molecule is Cc1ccccc1C(C)NC(=O)C(C)N1C(=O)NC2(CCCC2)C1=O. The molecule has 1 aromatic rings. The van der Waals surface area contributed by atoms with E-state index in [2.05, 4.69) is 10.6 Å². The van der Waals surface area contributed by atoms with Gasteiger partial charge in [0.25, 0.3) is 5.91 Å². The van der Waals surface area contributed by atoms with Gasteiger partial charge in [0, 0.05) is 0 Å². The number of rotatable bonds is 4. The Hall–Kier alpha value is -2.37. The number of amides is 4. The Morgan fingerprint density at radius 1 is 1.20 bits per heavy atom. The van der Waals surface area contributed by atoms with Crippen molar-refractivity contribution in [2.75, 3.05) is 0 Å². The standard InChI is InChI=1S/C19H25N3O3/c1-12-8-4-5-9-15(12)13(2)20-16(23)14(3)22-17(24)19(21-18(22)25)10-6-7-11-19/h4-5,8-9,13-14H,6-7,10-11H2,1-3H3,(H,20,23)(H,21,25). The third kappa shape index (κ3) is 3.01. The van der Waals surface area contributed by atoms with Crippen LogP contribution in [0, 0.1) is 6.92 Å². The van der Waals surface area contributed by atoms with E-state index in [-0.39, 0.29) is 17.9 Å². The van der Waals surface area contributed by atoms with Crippen molar-refractivity contribution in [3.05, 3.63) is 35.4 Å². The predicted octanol–water partition coefficient (Wildman–Crippen LogP) is 2.43. The van der Waals surface area contributed by atoms with E-state index < -0.39 is 17.6 Å². The lowest BCUT2D eigenvalue weighted by molar-refractivity contribution is -0.138. The zero-order chi connectivity index (χ0) is 18.2. The van der Waals surface area contributed by atoms with E-state index in [0.29, 0.717) is 12.8 Å². The molecule has 0 aromatic heterocycles. The molecule has 1 heterocycles. The smallest absolute Gasteiger partial charge is 0.325 e. The summed E-state index contributed by atoms with van der Waals surface area (Å²) in [4.78, 5) is 38.8. The van der Waals surface area contributed by atoms with Crippen LogP contribution in [-0.2, 0) is 9.59 Å². The predicted molar refractivity (Wildman–Crippen MR) is 93.8 cm³/mol. The van der Waals surface area contributed by atoms with Gasteiger partial charge < -0.3 is 10.6 Å². The Morgan fingerprint density at radius 2 is 1.84 bits per heavy atom. The lowest BCUT2D eigenvalue weighted by Crippen LogP contribution is -2.50. The van der Waals surface area contributed by atoms with Crippen LogP contribution in [0.25, 0.3) is 0 Å². The Balaban J connectivity index is 1.71. The summed E-state index contributed by atoms with van der Waals surface area (Å²) in [5.41, 5.74) is 1.32. The number of carbonyl (C=O) groups excluding carboxylic acids is 3. The summed E-state index contributed by atoms with van der Waals surface area (Å²) >= 11 is 0. The fraction of sp³-hybridized carbons (Fsp3) is 0.526. The zero-order valence-electron chi connectivity index (χ0n) is 15.0. The highest BCUT2D eigenvalue weighted by atomic mass is 16.2. The van der Waals surface area contributed by atoms with Crippen molar-refractivity contribution in [2.45, 2.75) is 64.1 Å². The number of hydrogen-bond acceptors (Lipinski definition) is 3. The van der Waals surface area contributed by atoms with Gasteiger partial charge in [0.15, 0.2) is 0 Å². The molecule has 134 valence electrons. The van der Waals surface area contributed by atoms with Crippen molar-refractivity contribution >= 4 is 17.8 Å². The molecule has 1 aliphatic carbocycles. The summed E-state index contributed by atoms with van der Waals surface area (Å²) in [6, 6.07) is 6.34. The van der Waals surface area contributed by atoms with E-state index in [4.69, 9.17) is 0 Å². The van der Waals surface area contributed by atoms with Gasteiger partial charge in [0.2, 0.25) is 5.91 Å². The highest BCUT2D eigenvalue weighted by molar-refractivity contribution is 6.10. The number of imide groups is 1. The summed E-state index contributed by atoms with van der Waals surface area (Å²) in [6.07, 6.45) is 3.15. The molecule has 0 radical (unpaired) electrons. The molecular formula is C19H25N3O3. The molecule has 2 aliphatic rings. The summed E-state index contributed by atoms with van der Waals surface area (Å²) in [5, 5.41) is 5.74. The molecule has 3 rings (SSSR count). The number of benzene rings is 1. The first kappa shape index (κ1) is 17.5. The third-order valence-corrected chi connectivity index (χ3v) is 5.43. The van der Waals surface area contributed by atoms with Crippen LogP contribution in [0.2, 0.25) is 0 Å². The van der Waals surface area contributed by atoms with Crippen LogP contribution >= 0.6 is 0 Å². The topological polar surface area (TPSA) is 78.5 Å². The molecule has 1 saturated carbocycles. The van der Waals surface area contributed by atoms with Gasteiger partial charge in [-0.3, -0.25) is 9.59 Å². The lowest BCUT2D eigenvalue weighted by atomic mass is 9.97. The van der Waals surface area contributed by atoms with E-state index in [1.165, 1.54) is 0 Å². The zero-order valence-corrected chi connectivity index (χ0v) is 15.0. The van der Waals surface area contributed by atoms with Gasteiger partial charge in [0.1, 0.15) is 11.6 Å². The van der Waals surface area contributed by atoms with Crippen molar-refractivity contribution in [3.8, 4) is 0 Å². The molecule has 1 aromatic carbocycles. The number of carbonyl (C=O) groups is 3. The molecule has 6 heteroatoms. The third-order valence-electron chi connectivity index (χ3n) is 5.43. The van der Waals surface area contributed by atoms with Crippen molar-refractivity contribution in [3.63, 3.8) is 0 Å². The number of hydrogen-bond donors (Lipinski definition) is 2. The average Bonchev–Trinajstić information content (AvgIpc) is 3.13. The number of nitrogens with one attached hydrogen (secondary N) is 2. The molecule has 6 nitrogen and oxygen atoms in total. The maximum atomic E-state index is 12.8. The summed E-state index contributed by atoms with van der Waals surface area (Å²) in [5.74, 6) is -0.588. The second kappa shape index (κ2) is 6.50. The quantitative estimate of drug-likeness (QED) is 0.824. The van der Waals surface area contributed by atoms with E-state index in [1.54, 1.807) is 6.92 Å². The van der Waals surface area contributed by atoms with Crippen molar-refractivity contribution in [2.24, 2.45) is 0 Å². The van der Waals surface area contributed by atoms with Crippen molar-refractivity contribution < 1.29 is 14.4 Å². The molecule has 2 unspecified atom stereocenters. The second-order valence-corrected chi connectivity index (χ2v) is 7.16. The van der Waals surface area contributed by atoms with Crippen LogP contribution < -0.4 is 10.6 Å². The first-order chi connectivity index (χ1) is 11.9. The van der Waals surface area contributed by atoms with Gasteiger partial charge >= 0.3 is 6.03 Å². The molecule has 0 bridgehead atoms. The Morgan fingerprint density at radius 3 is 2.48 bits per heavy atom. The molecule has 2 fully saturated rings. The molecule has 2 N–H and O–H groups in total. The second-order valence-electron chi connectivity index (χ2n) is 7.16. The minimum Gasteiger partial charge on any atom is -0.348 e. The van der Waals surface area contributed by atoms with Gasteiger partial charge in [-0.1, -0.05) is 37.1 Å². The minimum absolute atomic E-state index is 0.197. The molecular weight excluding hydrogens is 318 g/mol. The monoisotopic (exact) mass is 343 g/mol. The van der Waals surface area contributed by atoms with Crippen LogP contribution in [0.3, 0.4) is 0 Å². The fourth-order valence-corrected chi connectivity index (χ4v) is 3.91. The Labute approximate surface area is 148 Å². The molecule has 25 heavy (non-hydrogen) atoms. The number of urea groups is 1. The molecule has 1 saturated heterocycles.